The number of benzene rings is 1. The molecule has 1 N–H and O–H groups in total. The highest BCUT2D eigenvalue weighted by Gasteiger charge is 1.92. The molecule has 17 heavy (non-hydrogen) atoms. The van der Waals surface area contributed by atoms with Gasteiger partial charge in [0.25, 0.3) is 0 Å². The molecule has 0 unspecified atom stereocenters. The van der Waals surface area contributed by atoms with Crippen molar-refractivity contribution in [1.29, 1.82) is 0 Å². The number of rotatable bonds is 7. The lowest BCUT2D eigenvalue weighted by molar-refractivity contribution is -0.134. The molecule has 0 aliphatic rings. The van der Waals surface area contributed by atoms with Crippen LogP contribution in [0.25, 0.3) is 0 Å². The number of esters is 1. The fraction of sp³-hybridized carbons (Fsp3) is 0.357. The summed E-state index contributed by atoms with van der Waals surface area (Å²) >= 11 is 0. The van der Waals surface area contributed by atoms with E-state index in [9.17, 15) is 4.79 Å². The fourth-order valence-corrected chi connectivity index (χ4v) is 1.47. The van der Waals surface area contributed by atoms with Crippen LogP contribution in [0.3, 0.4) is 0 Å². The second kappa shape index (κ2) is 8.53. The van der Waals surface area contributed by atoms with Crippen LogP contribution in [0, 0.1) is 0 Å². The van der Waals surface area contributed by atoms with Gasteiger partial charge in [0.1, 0.15) is 0 Å². The van der Waals surface area contributed by atoms with Crippen LogP contribution in [0.4, 0.5) is 0 Å². The highest BCUT2D eigenvalue weighted by Crippen LogP contribution is 2.01. The Kier molecular flexibility index (Phi) is 6.75. The molecular formula is C14H19NO2. The van der Waals surface area contributed by atoms with E-state index in [0.29, 0.717) is 6.54 Å². The van der Waals surface area contributed by atoms with Crippen LogP contribution < -0.4 is 5.32 Å². The maximum absolute atomic E-state index is 10.7. The Morgan fingerprint density at radius 1 is 1.35 bits per heavy atom. The summed E-state index contributed by atoms with van der Waals surface area (Å²) in [5, 5.41) is 3.24. The third-order valence-corrected chi connectivity index (χ3v) is 2.38. The van der Waals surface area contributed by atoms with Gasteiger partial charge < -0.3 is 10.1 Å². The van der Waals surface area contributed by atoms with E-state index < -0.39 is 0 Å². The van der Waals surface area contributed by atoms with Gasteiger partial charge in [0, 0.05) is 12.6 Å². The Morgan fingerprint density at radius 2 is 2.12 bits per heavy atom. The summed E-state index contributed by atoms with van der Waals surface area (Å²) in [6, 6.07) is 10.4. The lowest BCUT2D eigenvalue weighted by atomic mass is 10.1. The first-order valence-corrected chi connectivity index (χ1v) is 5.82. The molecular weight excluding hydrogens is 214 g/mol. The van der Waals surface area contributed by atoms with Gasteiger partial charge in [0.2, 0.25) is 0 Å². The molecule has 0 aliphatic heterocycles. The minimum Gasteiger partial charge on any atom is -0.466 e. The van der Waals surface area contributed by atoms with E-state index >= 15 is 0 Å². The first-order chi connectivity index (χ1) is 8.33. The zero-order chi connectivity index (χ0) is 12.3. The van der Waals surface area contributed by atoms with Crippen molar-refractivity contribution < 1.29 is 9.53 Å². The first kappa shape index (κ1) is 13.5. The lowest BCUT2D eigenvalue weighted by Crippen LogP contribution is -2.15. The molecule has 1 rings (SSSR count). The third kappa shape index (κ3) is 6.53. The summed E-state index contributed by atoms with van der Waals surface area (Å²) in [6.07, 6.45) is 5.38. The molecule has 0 amide bonds. The van der Waals surface area contributed by atoms with Crippen LogP contribution in [0.2, 0.25) is 0 Å². The van der Waals surface area contributed by atoms with Gasteiger partial charge in [-0.3, -0.25) is 0 Å². The van der Waals surface area contributed by atoms with Gasteiger partial charge in [0.15, 0.2) is 0 Å². The van der Waals surface area contributed by atoms with Crippen molar-refractivity contribution in [3.8, 4) is 0 Å². The molecule has 0 radical (unpaired) electrons. The summed E-state index contributed by atoms with van der Waals surface area (Å²) in [5.74, 6) is -0.309. The molecule has 0 heterocycles. The monoisotopic (exact) mass is 233 g/mol. The average molecular weight is 233 g/mol. The summed E-state index contributed by atoms with van der Waals surface area (Å²) in [6.45, 7) is 1.64. The van der Waals surface area contributed by atoms with Crippen LogP contribution in [0.15, 0.2) is 42.5 Å². The van der Waals surface area contributed by atoms with E-state index in [2.05, 4.69) is 34.3 Å². The molecule has 0 bridgehead atoms. The number of ether oxygens (including phenoxy) is 1. The topological polar surface area (TPSA) is 38.3 Å². The van der Waals surface area contributed by atoms with Crippen molar-refractivity contribution in [2.24, 2.45) is 0 Å². The smallest absolute Gasteiger partial charge is 0.330 e. The van der Waals surface area contributed by atoms with E-state index in [4.69, 9.17) is 0 Å². The molecule has 0 atom stereocenters. The fourth-order valence-electron chi connectivity index (χ4n) is 1.47. The Bertz CT molecular complexity index is 346. The molecule has 0 aliphatic carbocycles. The molecule has 0 saturated heterocycles. The number of nitrogens with one attached hydrogen (secondary N) is 1. The van der Waals surface area contributed by atoms with Crippen molar-refractivity contribution in [1.82, 2.24) is 5.32 Å². The maximum atomic E-state index is 10.7. The van der Waals surface area contributed by atoms with Gasteiger partial charge in [-0.05, 0) is 24.9 Å². The van der Waals surface area contributed by atoms with E-state index in [1.165, 1.54) is 18.7 Å². The standard InChI is InChI=1S/C14H19NO2/c1-17-14(16)10-6-12-15-11-5-9-13-7-3-2-4-8-13/h2-4,6-8,10,15H,5,9,11-12H2,1H3/b10-6+. The van der Waals surface area contributed by atoms with Crippen molar-refractivity contribution in [3.63, 3.8) is 0 Å². The van der Waals surface area contributed by atoms with Crippen LogP contribution >= 0.6 is 0 Å². The highest BCUT2D eigenvalue weighted by molar-refractivity contribution is 5.81. The van der Waals surface area contributed by atoms with Crippen molar-refractivity contribution in [3.05, 3.63) is 48.0 Å². The Morgan fingerprint density at radius 3 is 2.82 bits per heavy atom. The van der Waals surface area contributed by atoms with Crippen molar-refractivity contribution in [2.75, 3.05) is 20.2 Å². The normalized spacial score (nSPS) is 10.6. The van der Waals surface area contributed by atoms with Crippen LogP contribution in [0.5, 0.6) is 0 Å². The predicted octanol–water partition coefficient (Wildman–Crippen LogP) is 1.94. The molecule has 1 aromatic carbocycles. The molecule has 0 aromatic heterocycles. The summed E-state index contributed by atoms with van der Waals surface area (Å²) in [4.78, 5) is 10.7. The van der Waals surface area contributed by atoms with Crippen LogP contribution in [-0.4, -0.2) is 26.2 Å². The lowest BCUT2D eigenvalue weighted by Gasteiger charge is -2.02. The Balaban J connectivity index is 2.02. The van der Waals surface area contributed by atoms with E-state index in [-0.39, 0.29) is 5.97 Å². The number of hydrogen-bond donors (Lipinski definition) is 1. The average Bonchev–Trinajstić information content (AvgIpc) is 2.38. The molecule has 0 saturated carbocycles. The molecule has 3 nitrogen and oxygen atoms in total. The van der Waals surface area contributed by atoms with Crippen LogP contribution in [0.1, 0.15) is 12.0 Å². The minimum absolute atomic E-state index is 0.309. The largest absolute Gasteiger partial charge is 0.466 e. The minimum atomic E-state index is -0.309. The van der Waals surface area contributed by atoms with Crippen molar-refractivity contribution >= 4 is 5.97 Å². The Labute approximate surface area is 102 Å². The van der Waals surface area contributed by atoms with E-state index in [1.807, 2.05) is 6.07 Å². The van der Waals surface area contributed by atoms with E-state index in [0.717, 1.165) is 19.4 Å². The molecule has 0 fully saturated rings. The molecule has 0 spiro atoms. The van der Waals surface area contributed by atoms with Gasteiger partial charge in [-0.1, -0.05) is 36.4 Å². The number of hydrogen-bond acceptors (Lipinski definition) is 3. The number of methoxy groups -OCH3 is 1. The molecule has 92 valence electrons. The zero-order valence-corrected chi connectivity index (χ0v) is 10.2. The summed E-state index contributed by atoms with van der Waals surface area (Å²) < 4.78 is 4.48. The van der Waals surface area contributed by atoms with Gasteiger partial charge in [0.05, 0.1) is 7.11 Å². The quantitative estimate of drug-likeness (QED) is 0.444. The molecule has 3 heteroatoms. The summed E-state index contributed by atoms with van der Waals surface area (Å²) in [7, 11) is 1.37. The number of carbonyl (C=O) groups excluding carboxylic acids is 1. The van der Waals surface area contributed by atoms with Gasteiger partial charge in [-0.2, -0.15) is 0 Å². The summed E-state index contributed by atoms with van der Waals surface area (Å²) in [5.41, 5.74) is 1.36. The van der Waals surface area contributed by atoms with E-state index in [1.54, 1.807) is 6.08 Å². The highest BCUT2D eigenvalue weighted by atomic mass is 16.5. The van der Waals surface area contributed by atoms with Gasteiger partial charge in [-0.25, -0.2) is 4.79 Å². The number of aryl methyl sites for hydroxylation is 1. The van der Waals surface area contributed by atoms with Gasteiger partial charge in [-0.15, -0.1) is 0 Å². The zero-order valence-electron chi connectivity index (χ0n) is 10.2. The first-order valence-electron chi connectivity index (χ1n) is 5.82. The van der Waals surface area contributed by atoms with Gasteiger partial charge >= 0.3 is 5.97 Å². The van der Waals surface area contributed by atoms with Crippen LogP contribution in [-0.2, 0) is 16.0 Å². The molecule has 1 aromatic rings. The Hall–Kier alpha value is -1.61. The third-order valence-electron chi connectivity index (χ3n) is 2.38. The SMILES string of the molecule is COC(=O)/C=C/CNCCCc1ccccc1. The second-order valence-electron chi connectivity index (χ2n) is 3.72. The second-order valence-corrected chi connectivity index (χ2v) is 3.72. The maximum Gasteiger partial charge on any atom is 0.330 e. The van der Waals surface area contributed by atoms with Crippen molar-refractivity contribution in [2.45, 2.75) is 12.8 Å². The number of carbonyl (C=O) groups is 1. The predicted molar refractivity (Wildman–Crippen MR) is 68.8 cm³/mol.